The van der Waals surface area contributed by atoms with Gasteiger partial charge in [0.05, 0.1) is 11.7 Å². The molecule has 1 unspecified atom stereocenters. The lowest BCUT2D eigenvalue weighted by atomic mass is 10.1. The largest absolute Gasteiger partial charge is 0.374 e. The van der Waals surface area contributed by atoms with Gasteiger partial charge in [-0.1, -0.05) is 18.2 Å². The van der Waals surface area contributed by atoms with Gasteiger partial charge < -0.3 is 5.32 Å². The smallest absolute Gasteiger partial charge is 0.150 e. The van der Waals surface area contributed by atoms with Crippen LogP contribution in [0.15, 0.2) is 45.8 Å². The molecule has 5 heteroatoms. The lowest BCUT2D eigenvalue weighted by Crippen LogP contribution is -2.11. The molecule has 0 bridgehead atoms. The van der Waals surface area contributed by atoms with Crippen molar-refractivity contribution in [3.8, 4) is 0 Å². The molecule has 3 rings (SSSR count). The summed E-state index contributed by atoms with van der Waals surface area (Å²) in [5.41, 5.74) is 1.46. The first kappa shape index (κ1) is 12.9. The van der Waals surface area contributed by atoms with Crippen LogP contribution in [0.1, 0.15) is 11.6 Å². The van der Waals surface area contributed by atoms with Gasteiger partial charge in [-0.05, 0) is 33.6 Å². The molecule has 1 heterocycles. The molecule has 1 nitrogen and oxygen atoms in total. The van der Waals surface area contributed by atoms with Gasteiger partial charge in [0.25, 0.3) is 0 Å². The predicted octanol–water partition coefficient (Wildman–Crippen LogP) is 4.99. The van der Waals surface area contributed by atoms with Crippen molar-refractivity contribution in [1.29, 1.82) is 0 Å². The van der Waals surface area contributed by atoms with E-state index < -0.39 is 11.6 Å². The first-order valence-corrected chi connectivity index (χ1v) is 7.56. The van der Waals surface area contributed by atoms with Crippen molar-refractivity contribution in [2.75, 3.05) is 11.1 Å². The average Bonchev–Trinajstić information content (AvgIpc) is 2.77. The molecular weight excluding hydrogens is 332 g/mol. The van der Waals surface area contributed by atoms with Crippen LogP contribution in [0.4, 0.5) is 14.5 Å². The zero-order valence-corrected chi connectivity index (χ0v) is 12.2. The van der Waals surface area contributed by atoms with Crippen LogP contribution in [0, 0.1) is 11.6 Å². The van der Waals surface area contributed by atoms with Crippen LogP contribution in [-0.4, -0.2) is 5.75 Å². The second kappa shape index (κ2) is 5.13. The van der Waals surface area contributed by atoms with Gasteiger partial charge in [0.1, 0.15) is 11.6 Å². The predicted molar refractivity (Wildman–Crippen MR) is 77.6 cm³/mol. The number of halogens is 3. The Morgan fingerprint density at radius 3 is 2.79 bits per heavy atom. The Kier molecular flexibility index (Phi) is 3.50. The van der Waals surface area contributed by atoms with E-state index in [9.17, 15) is 8.78 Å². The highest BCUT2D eigenvalue weighted by Gasteiger charge is 2.24. The third kappa shape index (κ3) is 2.49. The quantitative estimate of drug-likeness (QED) is 0.826. The van der Waals surface area contributed by atoms with E-state index in [0.29, 0.717) is 10.2 Å². The second-order valence-electron chi connectivity index (χ2n) is 4.29. The summed E-state index contributed by atoms with van der Waals surface area (Å²) in [5, 5.41) is 3.15. The van der Waals surface area contributed by atoms with Crippen LogP contribution in [-0.2, 0) is 0 Å². The number of anilines is 1. The number of benzene rings is 2. The Balaban J connectivity index is 1.92. The van der Waals surface area contributed by atoms with Gasteiger partial charge in [0.2, 0.25) is 0 Å². The Bertz CT molecular complexity index is 610. The van der Waals surface area contributed by atoms with Crippen LogP contribution in [0.25, 0.3) is 0 Å². The molecule has 0 saturated heterocycles. The Labute approximate surface area is 122 Å². The molecule has 0 saturated carbocycles. The molecule has 1 atom stereocenters. The maximum atomic E-state index is 13.8. The van der Waals surface area contributed by atoms with E-state index in [-0.39, 0.29) is 6.04 Å². The molecule has 2 aromatic carbocycles. The van der Waals surface area contributed by atoms with Crippen LogP contribution in [0.2, 0.25) is 0 Å². The van der Waals surface area contributed by atoms with Crippen molar-refractivity contribution < 1.29 is 8.78 Å². The molecular formula is C14H10BrF2NS. The minimum atomic E-state index is -0.587. The van der Waals surface area contributed by atoms with Gasteiger partial charge in [-0.2, -0.15) is 0 Å². The van der Waals surface area contributed by atoms with Gasteiger partial charge in [0.15, 0.2) is 0 Å². The summed E-state index contributed by atoms with van der Waals surface area (Å²) in [4.78, 5) is 1.21. The van der Waals surface area contributed by atoms with Crippen LogP contribution < -0.4 is 5.32 Å². The summed E-state index contributed by atoms with van der Waals surface area (Å²) < 4.78 is 27.3. The topological polar surface area (TPSA) is 12.0 Å². The summed E-state index contributed by atoms with van der Waals surface area (Å²) in [6.45, 7) is 0. The molecule has 0 aliphatic carbocycles. The highest BCUT2D eigenvalue weighted by Crippen LogP contribution is 2.41. The molecule has 0 radical (unpaired) electrons. The fourth-order valence-corrected chi connectivity index (χ4v) is 3.82. The minimum absolute atomic E-state index is 0.0393. The van der Waals surface area contributed by atoms with E-state index in [1.165, 1.54) is 11.0 Å². The third-order valence-corrected chi connectivity index (χ3v) is 4.83. The van der Waals surface area contributed by atoms with Crippen molar-refractivity contribution in [3.05, 3.63) is 58.1 Å². The fraction of sp³-hybridized carbons (Fsp3) is 0.143. The first-order chi connectivity index (χ1) is 9.15. The van der Waals surface area contributed by atoms with Crippen molar-refractivity contribution in [1.82, 2.24) is 0 Å². The number of rotatable bonds is 2. The van der Waals surface area contributed by atoms with Crippen molar-refractivity contribution in [2.24, 2.45) is 0 Å². The SMILES string of the molecule is Fc1cc(F)c(NC2CSc3ccccc32)c(Br)c1. The summed E-state index contributed by atoms with van der Waals surface area (Å²) in [6.07, 6.45) is 0. The van der Waals surface area contributed by atoms with E-state index in [1.807, 2.05) is 18.2 Å². The molecule has 0 fully saturated rings. The number of hydrogen-bond acceptors (Lipinski definition) is 2. The second-order valence-corrected chi connectivity index (χ2v) is 6.21. The van der Waals surface area contributed by atoms with Gasteiger partial charge in [-0.25, -0.2) is 8.78 Å². The van der Waals surface area contributed by atoms with E-state index in [4.69, 9.17) is 0 Å². The molecule has 0 spiro atoms. The lowest BCUT2D eigenvalue weighted by molar-refractivity contribution is 0.582. The average molecular weight is 342 g/mol. The molecule has 0 amide bonds. The first-order valence-electron chi connectivity index (χ1n) is 5.78. The maximum absolute atomic E-state index is 13.8. The van der Waals surface area contributed by atoms with E-state index in [0.717, 1.165) is 17.4 Å². The molecule has 2 aromatic rings. The number of fused-ring (bicyclic) bond motifs is 1. The third-order valence-electron chi connectivity index (χ3n) is 3.03. The van der Waals surface area contributed by atoms with Crippen LogP contribution in [0.5, 0.6) is 0 Å². The normalized spacial score (nSPS) is 17.3. The zero-order chi connectivity index (χ0) is 13.4. The summed E-state index contributed by atoms with van der Waals surface area (Å²) in [5.74, 6) is -0.333. The monoisotopic (exact) mass is 341 g/mol. The standard InChI is InChI=1S/C14H10BrF2NS/c15-10-5-8(16)6-11(17)14(10)18-12-7-19-13-4-2-1-3-9(12)13/h1-6,12,18H,7H2. The maximum Gasteiger partial charge on any atom is 0.150 e. The van der Waals surface area contributed by atoms with Gasteiger partial charge in [-0.3, -0.25) is 0 Å². The van der Waals surface area contributed by atoms with Gasteiger partial charge >= 0.3 is 0 Å². The van der Waals surface area contributed by atoms with Crippen LogP contribution in [0.3, 0.4) is 0 Å². The van der Waals surface area contributed by atoms with Crippen molar-refractivity contribution in [3.63, 3.8) is 0 Å². The molecule has 19 heavy (non-hydrogen) atoms. The van der Waals surface area contributed by atoms with Crippen LogP contribution >= 0.6 is 27.7 Å². The Hall–Kier alpha value is -1.07. The molecule has 98 valence electrons. The molecule has 1 aliphatic heterocycles. The van der Waals surface area contributed by atoms with Crippen molar-refractivity contribution in [2.45, 2.75) is 10.9 Å². The summed E-state index contributed by atoms with van der Waals surface area (Å²) in [7, 11) is 0. The lowest BCUT2D eigenvalue weighted by Gasteiger charge is -2.16. The van der Waals surface area contributed by atoms with E-state index in [1.54, 1.807) is 11.8 Å². The highest BCUT2D eigenvalue weighted by atomic mass is 79.9. The molecule has 1 N–H and O–H groups in total. The minimum Gasteiger partial charge on any atom is -0.374 e. The fourth-order valence-electron chi connectivity index (χ4n) is 2.14. The Morgan fingerprint density at radius 2 is 2.00 bits per heavy atom. The Morgan fingerprint density at radius 1 is 1.21 bits per heavy atom. The summed E-state index contributed by atoms with van der Waals surface area (Å²) in [6, 6.07) is 10.2. The number of hydrogen-bond donors (Lipinski definition) is 1. The number of thioether (sulfide) groups is 1. The number of nitrogens with one attached hydrogen (secondary N) is 1. The molecule has 1 aliphatic rings. The molecule has 0 aromatic heterocycles. The van der Waals surface area contributed by atoms with Crippen molar-refractivity contribution >= 4 is 33.4 Å². The highest BCUT2D eigenvalue weighted by molar-refractivity contribution is 9.10. The zero-order valence-electron chi connectivity index (χ0n) is 9.79. The van der Waals surface area contributed by atoms with E-state index >= 15 is 0 Å². The van der Waals surface area contributed by atoms with E-state index in [2.05, 4.69) is 27.3 Å². The summed E-state index contributed by atoms with van der Waals surface area (Å²) >= 11 is 4.93. The van der Waals surface area contributed by atoms with Gasteiger partial charge in [-0.15, -0.1) is 11.8 Å². The van der Waals surface area contributed by atoms with Gasteiger partial charge in [0, 0.05) is 21.2 Å².